The molecule has 1 aromatic carbocycles. The van der Waals surface area contributed by atoms with Gasteiger partial charge in [0.05, 0.1) is 31.1 Å². The number of anilines is 4. The van der Waals surface area contributed by atoms with Crippen molar-refractivity contribution < 1.29 is 14.3 Å². The van der Waals surface area contributed by atoms with Gasteiger partial charge >= 0.3 is 0 Å². The molecule has 1 aromatic heterocycles. The lowest BCUT2D eigenvalue weighted by molar-refractivity contribution is -0.118. The maximum atomic E-state index is 12.3. The first-order chi connectivity index (χ1) is 15.1. The molecule has 1 amide bonds. The first-order valence-electron chi connectivity index (χ1n) is 10.5. The van der Waals surface area contributed by atoms with Crippen LogP contribution in [0.15, 0.2) is 18.3 Å². The number of nitrogens with one attached hydrogen (secondary N) is 2. The highest BCUT2D eigenvalue weighted by molar-refractivity contribution is 6.32. The van der Waals surface area contributed by atoms with E-state index in [1.54, 1.807) is 18.1 Å². The Balaban J connectivity index is 1.56. The van der Waals surface area contributed by atoms with Crippen molar-refractivity contribution in [1.29, 1.82) is 0 Å². The molecular formula is C21H25ClN6O3. The van der Waals surface area contributed by atoms with Crippen molar-refractivity contribution in [2.75, 3.05) is 61.6 Å². The fourth-order valence-electron chi connectivity index (χ4n) is 4.28. The molecule has 3 aliphatic rings. The zero-order valence-corrected chi connectivity index (χ0v) is 18.1. The van der Waals surface area contributed by atoms with Gasteiger partial charge < -0.3 is 29.9 Å². The van der Waals surface area contributed by atoms with E-state index in [9.17, 15) is 4.79 Å². The third-order valence-corrected chi connectivity index (χ3v) is 6.14. The van der Waals surface area contributed by atoms with Crippen molar-refractivity contribution >= 4 is 40.6 Å². The summed E-state index contributed by atoms with van der Waals surface area (Å²) in [7, 11) is 1.79. The van der Waals surface area contributed by atoms with E-state index in [1.165, 1.54) is 0 Å². The Morgan fingerprint density at radius 1 is 1.26 bits per heavy atom. The van der Waals surface area contributed by atoms with Gasteiger partial charge in [0, 0.05) is 44.9 Å². The Hall–Kier alpha value is -2.62. The van der Waals surface area contributed by atoms with Crippen LogP contribution in [0.3, 0.4) is 0 Å². The second-order valence-corrected chi connectivity index (χ2v) is 8.31. The number of carbonyl (C=O) groups is 1. The zero-order chi connectivity index (χ0) is 21.4. The smallest absolute Gasteiger partial charge is 0.227 e. The largest absolute Gasteiger partial charge is 0.489 e. The molecule has 0 radical (unpaired) electrons. The number of halogens is 1. The Morgan fingerprint density at radius 3 is 3.06 bits per heavy atom. The van der Waals surface area contributed by atoms with Crippen molar-refractivity contribution in [2.45, 2.75) is 18.9 Å². The minimum absolute atomic E-state index is 0.0806. The number of aryl methyl sites for hydroxylation is 1. The van der Waals surface area contributed by atoms with E-state index in [1.807, 2.05) is 12.1 Å². The van der Waals surface area contributed by atoms with Gasteiger partial charge in [-0.3, -0.25) is 4.79 Å². The summed E-state index contributed by atoms with van der Waals surface area (Å²) in [4.78, 5) is 25.3. The van der Waals surface area contributed by atoms with E-state index < -0.39 is 0 Å². The van der Waals surface area contributed by atoms with E-state index in [-0.39, 0.29) is 11.9 Å². The van der Waals surface area contributed by atoms with Crippen LogP contribution in [-0.4, -0.2) is 68.4 Å². The number of benzene rings is 1. The maximum Gasteiger partial charge on any atom is 0.227 e. The molecule has 0 unspecified atom stereocenters. The SMILES string of the molecule is CN1C(=O)CCc2cc3cc(c21)OCCOC[C@H]1CNCCN1c1ncc(Cl)c(n1)N3. The number of hydrogen-bond acceptors (Lipinski definition) is 8. The number of hydrogen-bond donors (Lipinski definition) is 2. The van der Waals surface area contributed by atoms with Gasteiger partial charge in [-0.05, 0) is 18.1 Å². The summed E-state index contributed by atoms with van der Waals surface area (Å²) < 4.78 is 12.0. The molecule has 31 heavy (non-hydrogen) atoms. The lowest BCUT2D eigenvalue weighted by Gasteiger charge is -2.36. The van der Waals surface area contributed by atoms with Gasteiger partial charge in [0.15, 0.2) is 5.82 Å². The highest BCUT2D eigenvalue weighted by atomic mass is 35.5. The van der Waals surface area contributed by atoms with Crippen LogP contribution in [0, 0.1) is 0 Å². The van der Waals surface area contributed by atoms with Crippen LogP contribution in [0.4, 0.5) is 23.1 Å². The lowest BCUT2D eigenvalue weighted by atomic mass is 10.00. The molecule has 2 N–H and O–H groups in total. The summed E-state index contributed by atoms with van der Waals surface area (Å²) in [5.41, 5.74) is 2.66. The monoisotopic (exact) mass is 444 g/mol. The Morgan fingerprint density at radius 2 is 2.16 bits per heavy atom. The molecule has 1 fully saturated rings. The Labute approximate surface area is 185 Å². The number of aromatic nitrogens is 2. The summed E-state index contributed by atoms with van der Waals surface area (Å²) in [6, 6.07) is 4.02. The zero-order valence-electron chi connectivity index (χ0n) is 17.4. The number of amides is 1. The topological polar surface area (TPSA) is 91.9 Å². The van der Waals surface area contributed by atoms with Crippen molar-refractivity contribution in [3.05, 3.63) is 28.9 Å². The highest BCUT2D eigenvalue weighted by Gasteiger charge is 2.28. The van der Waals surface area contributed by atoms with Gasteiger partial charge in [-0.15, -0.1) is 0 Å². The molecule has 0 spiro atoms. The number of piperazine rings is 1. The first-order valence-corrected chi connectivity index (χ1v) is 10.9. The minimum Gasteiger partial charge on any atom is -0.489 e. The van der Waals surface area contributed by atoms with Gasteiger partial charge in [0.2, 0.25) is 11.9 Å². The van der Waals surface area contributed by atoms with Crippen molar-refractivity contribution in [3.63, 3.8) is 0 Å². The molecule has 10 heteroatoms. The average molecular weight is 445 g/mol. The van der Waals surface area contributed by atoms with Crippen molar-refractivity contribution in [2.24, 2.45) is 0 Å². The summed E-state index contributed by atoms with van der Waals surface area (Å²) in [6.45, 7) is 3.79. The number of nitrogens with zero attached hydrogens (tertiary/aromatic N) is 4. The molecule has 2 aromatic rings. The van der Waals surface area contributed by atoms with Crippen LogP contribution < -0.4 is 25.2 Å². The van der Waals surface area contributed by atoms with Crippen LogP contribution in [0.25, 0.3) is 0 Å². The summed E-state index contributed by atoms with van der Waals surface area (Å²) in [5.74, 6) is 1.88. The van der Waals surface area contributed by atoms with Gasteiger partial charge in [-0.1, -0.05) is 11.6 Å². The van der Waals surface area contributed by atoms with Gasteiger partial charge in [0.1, 0.15) is 17.4 Å². The summed E-state index contributed by atoms with van der Waals surface area (Å²) in [5, 5.41) is 7.17. The highest BCUT2D eigenvalue weighted by Crippen LogP contribution is 2.40. The molecule has 0 aliphatic carbocycles. The molecule has 1 saturated heterocycles. The van der Waals surface area contributed by atoms with Crippen LogP contribution in [0.1, 0.15) is 12.0 Å². The summed E-state index contributed by atoms with van der Waals surface area (Å²) >= 11 is 6.43. The normalized spacial score (nSPS) is 21.4. The van der Waals surface area contributed by atoms with E-state index in [0.29, 0.717) is 55.2 Å². The Kier molecular flexibility index (Phi) is 5.56. The average Bonchev–Trinajstić information content (AvgIpc) is 2.77. The molecule has 164 valence electrons. The second-order valence-electron chi connectivity index (χ2n) is 7.90. The maximum absolute atomic E-state index is 12.3. The molecule has 1 atom stereocenters. The fourth-order valence-corrected chi connectivity index (χ4v) is 4.41. The minimum atomic E-state index is 0.0806. The van der Waals surface area contributed by atoms with E-state index in [4.69, 9.17) is 26.1 Å². The summed E-state index contributed by atoms with van der Waals surface area (Å²) in [6.07, 6.45) is 2.75. The third kappa shape index (κ3) is 4.00. The van der Waals surface area contributed by atoms with Crippen molar-refractivity contribution in [3.8, 4) is 5.75 Å². The quantitative estimate of drug-likeness (QED) is 0.637. The van der Waals surface area contributed by atoms with E-state index in [2.05, 4.69) is 20.5 Å². The van der Waals surface area contributed by atoms with Crippen LogP contribution >= 0.6 is 11.6 Å². The Bertz CT molecular complexity index is 1000. The predicted molar refractivity (Wildman–Crippen MR) is 119 cm³/mol. The van der Waals surface area contributed by atoms with Gasteiger partial charge in [-0.2, -0.15) is 4.98 Å². The second kappa shape index (κ2) is 8.49. The molecule has 4 bridgehead atoms. The number of ether oxygens (including phenoxy) is 2. The van der Waals surface area contributed by atoms with Crippen LogP contribution in [-0.2, 0) is 16.0 Å². The number of rotatable bonds is 0. The molecule has 3 aliphatic heterocycles. The number of carbonyl (C=O) groups excluding carboxylic acids is 1. The van der Waals surface area contributed by atoms with Crippen LogP contribution in [0.2, 0.25) is 5.02 Å². The molecular weight excluding hydrogens is 420 g/mol. The third-order valence-electron chi connectivity index (χ3n) is 5.87. The number of fused-ring (bicyclic) bond motifs is 8. The fraction of sp³-hybridized carbons (Fsp3) is 0.476. The lowest BCUT2D eigenvalue weighted by Crippen LogP contribution is -2.54. The molecule has 5 rings (SSSR count). The van der Waals surface area contributed by atoms with E-state index in [0.717, 1.165) is 36.6 Å². The van der Waals surface area contributed by atoms with E-state index >= 15 is 0 Å². The van der Waals surface area contributed by atoms with Gasteiger partial charge in [-0.25, -0.2) is 4.98 Å². The predicted octanol–water partition coefficient (Wildman–Crippen LogP) is 1.97. The van der Waals surface area contributed by atoms with Crippen LogP contribution in [0.5, 0.6) is 5.75 Å². The standard InChI is InChI=1S/C21H25ClN6O3/c1-27-18(29)3-2-13-8-14-9-17(19(13)27)31-7-6-30-12-15-10-23-4-5-28(15)21-24-11-16(22)20(25-14)26-21/h8-9,11,15,23H,2-7,10,12H2,1H3,(H,24,25,26)/t15-/m1/s1. The van der Waals surface area contributed by atoms with Gasteiger partial charge in [0.25, 0.3) is 0 Å². The molecule has 9 nitrogen and oxygen atoms in total. The van der Waals surface area contributed by atoms with Crippen molar-refractivity contribution in [1.82, 2.24) is 15.3 Å². The molecule has 0 saturated carbocycles. The molecule has 4 heterocycles. The first kappa shape index (κ1) is 20.3.